The van der Waals surface area contributed by atoms with E-state index in [-0.39, 0.29) is 5.91 Å². The van der Waals surface area contributed by atoms with E-state index < -0.39 is 5.79 Å². The van der Waals surface area contributed by atoms with Crippen LogP contribution >= 0.6 is 34.7 Å². The number of carbonyl (C=O) groups is 1. The summed E-state index contributed by atoms with van der Waals surface area (Å²) >= 11 is 9.54. The van der Waals surface area contributed by atoms with Crippen molar-refractivity contribution in [1.29, 1.82) is 0 Å². The Morgan fingerprint density at radius 3 is 2.58 bits per heavy atom. The molecule has 0 radical (unpaired) electrons. The molecule has 0 N–H and O–H groups in total. The lowest BCUT2D eigenvalue weighted by Crippen LogP contribution is -2.47. The van der Waals surface area contributed by atoms with Gasteiger partial charge in [-0.1, -0.05) is 53.7 Å². The maximum atomic E-state index is 13.1. The minimum absolute atomic E-state index is 0.0468. The fourth-order valence-electron chi connectivity index (χ4n) is 4.81. The number of aryl methyl sites for hydroxylation is 1. The second kappa shape index (κ2) is 10.8. The molecular weight excluding hydrogens is 542 g/mol. The molecule has 0 bridgehead atoms. The molecule has 0 unspecified atom stereocenters. The summed E-state index contributed by atoms with van der Waals surface area (Å²) in [5.74, 6) is 0.696. The number of rotatable bonds is 6. The summed E-state index contributed by atoms with van der Waals surface area (Å²) in [6.07, 6.45) is 1.38. The van der Waals surface area contributed by atoms with E-state index in [2.05, 4.69) is 28.2 Å². The van der Waals surface area contributed by atoms with Crippen LogP contribution in [0.1, 0.15) is 33.9 Å². The van der Waals surface area contributed by atoms with Gasteiger partial charge in [-0.15, -0.1) is 21.5 Å². The molecule has 2 aromatic carbocycles. The Kier molecular flexibility index (Phi) is 7.24. The highest BCUT2D eigenvalue weighted by Crippen LogP contribution is 2.35. The standard InChI is InChI=1S/C27H26ClN5O3S2/c1-18-6-2-5-9-22(18)33-24(19-7-3-4-8-20(19)28)30-31-26(33)38-17-23-29-21(16-37-23)25(34)32-12-10-27(11-13-32)35-14-15-36-27/h2-9,16H,10-15,17H2,1H3. The van der Waals surface area contributed by atoms with E-state index >= 15 is 0 Å². The van der Waals surface area contributed by atoms with Gasteiger partial charge in [0.2, 0.25) is 0 Å². The molecule has 2 aromatic heterocycles. The molecule has 8 nitrogen and oxygen atoms in total. The van der Waals surface area contributed by atoms with Crippen molar-refractivity contribution in [1.82, 2.24) is 24.6 Å². The SMILES string of the molecule is Cc1ccccc1-n1c(SCc2nc(C(=O)N3CCC4(CC3)OCCO4)cs2)nnc1-c1ccccc1Cl. The topological polar surface area (TPSA) is 82.4 Å². The number of aromatic nitrogens is 4. The number of piperidine rings is 1. The van der Waals surface area contributed by atoms with Crippen LogP contribution in [0, 0.1) is 6.92 Å². The molecule has 2 saturated heterocycles. The number of thioether (sulfide) groups is 1. The largest absolute Gasteiger partial charge is 0.347 e. The maximum Gasteiger partial charge on any atom is 0.273 e. The number of nitrogens with zero attached hydrogens (tertiary/aromatic N) is 5. The van der Waals surface area contributed by atoms with Gasteiger partial charge in [-0.2, -0.15) is 0 Å². The summed E-state index contributed by atoms with van der Waals surface area (Å²) in [5, 5.41) is 13.1. The van der Waals surface area contributed by atoms with Gasteiger partial charge in [0.15, 0.2) is 16.8 Å². The number of likely N-dealkylation sites (tertiary alicyclic amines) is 1. The minimum Gasteiger partial charge on any atom is -0.347 e. The average Bonchev–Trinajstić information content (AvgIpc) is 3.69. The third-order valence-electron chi connectivity index (χ3n) is 6.83. The molecule has 4 heterocycles. The van der Waals surface area contributed by atoms with Crippen molar-refractivity contribution in [2.45, 2.75) is 36.5 Å². The zero-order valence-corrected chi connectivity index (χ0v) is 23.2. The Balaban J connectivity index is 1.20. The van der Waals surface area contributed by atoms with E-state index in [1.54, 1.807) is 0 Å². The van der Waals surface area contributed by atoms with Gasteiger partial charge in [-0.05, 0) is 30.7 Å². The van der Waals surface area contributed by atoms with Crippen LogP contribution in [0.25, 0.3) is 17.1 Å². The molecule has 2 aliphatic heterocycles. The fraction of sp³-hybridized carbons (Fsp3) is 0.333. The second-order valence-electron chi connectivity index (χ2n) is 9.22. The quantitative estimate of drug-likeness (QED) is 0.279. The first-order valence-electron chi connectivity index (χ1n) is 12.4. The highest BCUT2D eigenvalue weighted by Gasteiger charge is 2.41. The molecule has 1 spiro atoms. The molecule has 6 rings (SSSR count). The highest BCUT2D eigenvalue weighted by molar-refractivity contribution is 7.98. The molecule has 1 amide bonds. The predicted molar refractivity (Wildman–Crippen MR) is 148 cm³/mol. The van der Waals surface area contributed by atoms with Crippen molar-refractivity contribution in [3.63, 3.8) is 0 Å². The molecule has 2 aliphatic rings. The number of hydrogen-bond donors (Lipinski definition) is 0. The van der Waals surface area contributed by atoms with Crippen LogP contribution in [0.2, 0.25) is 5.02 Å². The molecular formula is C27H26ClN5O3S2. The summed E-state index contributed by atoms with van der Waals surface area (Å²) in [5.41, 5.74) is 3.38. The lowest BCUT2D eigenvalue weighted by atomic mass is 10.0. The number of halogens is 1. The van der Waals surface area contributed by atoms with Gasteiger partial charge in [-0.25, -0.2) is 4.98 Å². The fourth-order valence-corrected chi connectivity index (χ4v) is 6.76. The van der Waals surface area contributed by atoms with Gasteiger partial charge in [0.05, 0.1) is 29.7 Å². The first-order chi connectivity index (χ1) is 18.5. The Morgan fingerprint density at radius 2 is 1.82 bits per heavy atom. The lowest BCUT2D eigenvalue weighted by Gasteiger charge is -2.37. The van der Waals surface area contributed by atoms with Crippen LogP contribution in [-0.4, -0.2) is 62.6 Å². The van der Waals surface area contributed by atoms with Crippen LogP contribution in [-0.2, 0) is 15.2 Å². The average molecular weight is 568 g/mol. The molecule has 0 saturated carbocycles. The van der Waals surface area contributed by atoms with Gasteiger partial charge in [-0.3, -0.25) is 9.36 Å². The Hall–Kier alpha value is -2.76. The Bertz CT molecular complexity index is 1460. The normalized spacial score (nSPS) is 16.8. The van der Waals surface area contributed by atoms with Crippen molar-refractivity contribution in [2.24, 2.45) is 0 Å². The van der Waals surface area contributed by atoms with Crippen molar-refractivity contribution in [3.05, 3.63) is 75.2 Å². The van der Waals surface area contributed by atoms with Gasteiger partial charge in [0.1, 0.15) is 10.7 Å². The molecule has 2 fully saturated rings. The summed E-state index contributed by atoms with van der Waals surface area (Å²) in [6.45, 7) is 4.51. The number of hydrogen-bond acceptors (Lipinski definition) is 8. The number of ether oxygens (including phenoxy) is 2. The van der Waals surface area contributed by atoms with Crippen molar-refractivity contribution in [2.75, 3.05) is 26.3 Å². The Labute approximate surface area is 234 Å². The molecule has 0 aliphatic carbocycles. The van der Waals surface area contributed by atoms with Crippen LogP contribution in [0.15, 0.2) is 59.1 Å². The maximum absolute atomic E-state index is 13.1. The number of amides is 1. The first kappa shape index (κ1) is 25.5. The van der Waals surface area contributed by atoms with Crippen LogP contribution in [0.5, 0.6) is 0 Å². The van der Waals surface area contributed by atoms with Crippen molar-refractivity contribution < 1.29 is 14.3 Å². The van der Waals surface area contributed by atoms with E-state index in [0.29, 0.717) is 61.4 Å². The number of carbonyl (C=O) groups excluding carboxylic acids is 1. The summed E-state index contributed by atoms with van der Waals surface area (Å²) in [6, 6.07) is 15.8. The number of thiazole rings is 1. The third kappa shape index (κ3) is 4.99. The molecule has 38 heavy (non-hydrogen) atoms. The molecule has 0 atom stereocenters. The Morgan fingerprint density at radius 1 is 1.08 bits per heavy atom. The van der Waals surface area contributed by atoms with E-state index in [9.17, 15) is 4.79 Å². The third-order valence-corrected chi connectivity index (χ3v) is 9.13. The second-order valence-corrected chi connectivity index (χ2v) is 11.5. The highest BCUT2D eigenvalue weighted by atomic mass is 35.5. The number of para-hydroxylation sites is 1. The molecule has 4 aromatic rings. The van der Waals surface area contributed by atoms with Crippen LogP contribution in [0.3, 0.4) is 0 Å². The van der Waals surface area contributed by atoms with Crippen molar-refractivity contribution in [3.8, 4) is 17.1 Å². The van der Waals surface area contributed by atoms with E-state index in [0.717, 1.165) is 27.0 Å². The minimum atomic E-state index is -0.503. The van der Waals surface area contributed by atoms with E-state index in [4.69, 9.17) is 21.1 Å². The number of benzene rings is 2. The van der Waals surface area contributed by atoms with Gasteiger partial charge in [0, 0.05) is 36.9 Å². The van der Waals surface area contributed by atoms with E-state index in [1.807, 2.05) is 57.3 Å². The van der Waals surface area contributed by atoms with Gasteiger partial charge < -0.3 is 14.4 Å². The smallest absolute Gasteiger partial charge is 0.273 e. The summed E-state index contributed by atoms with van der Waals surface area (Å²) in [7, 11) is 0. The zero-order chi connectivity index (χ0) is 26.1. The molecule has 11 heteroatoms. The van der Waals surface area contributed by atoms with Gasteiger partial charge in [0.25, 0.3) is 5.91 Å². The van der Waals surface area contributed by atoms with E-state index in [1.165, 1.54) is 23.1 Å². The monoisotopic (exact) mass is 567 g/mol. The summed E-state index contributed by atoms with van der Waals surface area (Å²) in [4.78, 5) is 19.6. The first-order valence-corrected chi connectivity index (χ1v) is 14.7. The zero-order valence-electron chi connectivity index (χ0n) is 20.8. The predicted octanol–water partition coefficient (Wildman–Crippen LogP) is 5.62. The van der Waals surface area contributed by atoms with Gasteiger partial charge >= 0.3 is 0 Å². The summed E-state index contributed by atoms with van der Waals surface area (Å²) < 4.78 is 13.6. The van der Waals surface area contributed by atoms with Crippen LogP contribution in [0.4, 0.5) is 0 Å². The van der Waals surface area contributed by atoms with Crippen LogP contribution < -0.4 is 0 Å². The van der Waals surface area contributed by atoms with Crippen molar-refractivity contribution >= 4 is 40.6 Å². The molecule has 196 valence electrons. The lowest BCUT2D eigenvalue weighted by molar-refractivity contribution is -0.181.